The van der Waals surface area contributed by atoms with Crippen molar-refractivity contribution in [3.8, 4) is 0 Å². The molecule has 0 saturated carbocycles. The maximum Gasteiger partial charge on any atom is 0.264 e. The van der Waals surface area contributed by atoms with Crippen LogP contribution in [0.4, 0.5) is 15.8 Å². The summed E-state index contributed by atoms with van der Waals surface area (Å²) in [4.78, 5) is 27.3. The first-order chi connectivity index (χ1) is 16.3. The Hall–Kier alpha value is -3.72. The number of hydrogen-bond donors (Lipinski definition) is 1. The predicted molar refractivity (Wildman–Crippen MR) is 130 cm³/mol. The highest BCUT2D eigenvalue weighted by Gasteiger charge is 2.28. The number of carbonyl (C=O) groups is 2. The molecule has 0 aliphatic rings. The van der Waals surface area contributed by atoms with Gasteiger partial charge in [0.2, 0.25) is 5.91 Å². The third-order valence-corrected chi connectivity index (χ3v) is 7.00. The first-order valence-corrected chi connectivity index (χ1v) is 12.2. The van der Waals surface area contributed by atoms with Crippen molar-refractivity contribution in [2.75, 3.05) is 29.3 Å². The van der Waals surface area contributed by atoms with E-state index >= 15 is 0 Å². The van der Waals surface area contributed by atoms with Crippen LogP contribution >= 0.6 is 0 Å². The number of nitrogens with one attached hydrogen (secondary N) is 1. The SMILES string of the molecule is CCN(CC)C(=O)c1ccccc1NC(=O)CN(c1ccccc1)S(=O)(=O)c1ccc(F)cc1. The Labute approximate surface area is 198 Å². The Morgan fingerprint density at radius 1 is 0.853 bits per heavy atom. The average molecular weight is 484 g/mol. The molecule has 3 rings (SSSR count). The quantitative estimate of drug-likeness (QED) is 0.496. The Bertz CT molecular complexity index is 1240. The van der Waals surface area contributed by atoms with E-state index in [1.54, 1.807) is 59.5 Å². The Morgan fingerprint density at radius 2 is 1.44 bits per heavy atom. The number of sulfonamides is 1. The molecule has 0 heterocycles. The molecular formula is C25H26FN3O4S. The van der Waals surface area contributed by atoms with Crippen molar-refractivity contribution in [3.63, 3.8) is 0 Å². The fourth-order valence-corrected chi connectivity index (χ4v) is 4.84. The number of para-hydroxylation sites is 2. The third-order valence-electron chi connectivity index (χ3n) is 5.22. The van der Waals surface area contributed by atoms with Gasteiger partial charge in [-0.05, 0) is 62.4 Å². The Kier molecular flexibility index (Phi) is 8.01. The van der Waals surface area contributed by atoms with Crippen LogP contribution in [-0.2, 0) is 14.8 Å². The zero-order chi connectivity index (χ0) is 24.7. The smallest absolute Gasteiger partial charge is 0.264 e. The summed E-state index contributed by atoms with van der Waals surface area (Å²) in [5.74, 6) is -1.44. The molecule has 3 aromatic carbocycles. The molecule has 0 bridgehead atoms. The lowest BCUT2D eigenvalue weighted by molar-refractivity contribution is -0.114. The molecule has 0 aliphatic heterocycles. The van der Waals surface area contributed by atoms with Crippen LogP contribution < -0.4 is 9.62 Å². The summed E-state index contributed by atoms with van der Waals surface area (Å²) in [6.07, 6.45) is 0. The zero-order valence-electron chi connectivity index (χ0n) is 18.9. The molecule has 0 aliphatic carbocycles. The molecule has 2 amide bonds. The fourth-order valence-electron chi connectivity index (χ4n) is 3.42. The summed E-state index contributed by atoms with van der Waals surface area (Å²) < 4.78 is 41.0. The minimum Gasteiger partial charge on any atom is -0.339 e. The van der Waals surface area contributed by atoms with Gasteiger partial charge < -0.3 is 10.2 Å². The lowest BCUT2D eigenvalue weighted by Crippen LogP contribution is -2.38. The third kappa shape index (κ3) is 5.60. The lowest BCUT2D eigenvalue weighted by Gasteiger charge is -2.25. The van der Waals surface area contributed by atoms with Gasteiger partial charge in [-0.1, -0.05) is 30.3 Å². The van der Waals surface area contributed by atoms with E-state index in [1.807, 2.05) is 13.8 Å². The van der Waals surface area contributed by atoms with E-state index in [2.05, 4.69) is 5.32 Å². The number of nitrogens with zero attached hydrogens (tertiary/aromatic N) is 2. The second-order valence-corrected chi connectivity index (χ2v) is 9.23. The Morgan fingerprint density at radius 3 is 2.06 bits per heavy atom. The van der Waals surface area contributed by atoms with Crippen molar-refractivity contribution in [1.82, 2.24) is 4.90 Å². The van der Waals surface area contributed by atoms with E-state index in [1.165, 1.54) is 0 Å². The molecule has 0 spiro atoms. The maximum absolute atomic E-state index is 13.4. The van der Waals surface area contributed by atoms with Gasteiger partial charge in [0.1, 0.15) is 12.4 Å². The van der Waals surface area contributed by atoms with E-state index < -0.39 is 28.3 Å². The summed E-state index contributed by atoms with van der Waals surface area (Å²) >= 11 is 0. The van der Waals surface area contributed by atoms with Gasteiger partial charge in [0.15, 0.2) is 0 Å². The molecule has 0 unspecified atom stereocenters. The summed E-state index contributed by atoms with van der Waals surface area (Å²) in [5.41, 5.74) is 0.873. The highest BCUT2D eigenvalue weighted by atomic mass is 32.2. The van der Waals surface area contributed by atoms with Gasteiger partial charge in [-0.2, -0.15) is 0 Å². The predicted octanol–water partition coefficient (Wildman–Crippen LogP) is 4.14. The number of benzene rings is 3. The van der Waals surface area contributed by atoms with E-state index in [4.69, 9.17) is 0 Å². The highest BCUT2D eigenvalue weighted by Crippen LogP contribution is 2.24. The van der Waals surface area contributed by atoms with E-state index in [-0.39, 0.29) is 22.2 Å². The topological polar surface area (TPSA) is 86.8 Å². The minimum absolute atomic E-state index is 0.150. The first-order valence-electron chi connectivity index (χ1n) is 10.8. The standard InChI is InChI=1S/C25H26FN3O4S/c1-3-28(4-2)25(31)22-12-8-9-13-23(22)27-24(30)18-29(20-10-6-5-7-11-20)34(32,33)21-16-14-19(26)15-17-21/h5-17H,3-4,18H2,1-2H3,(H,27,30). The van der Waals surface area contributed by atoms with Gasteiger partial charge in [-0.25, -0.2) is 12.8 Å². The van der Waals surface area contributed by atoms with Crippen molar-refractivity contribution in [3.05, 3.63) is 90.2 Å². The summed E-state index contributed by atoms with van der Waals surface area (Å²) in [6, 6.07) is 19.1. The number of amides is 2. The summed E-state index contributed by atoms with van der Waals surface area (Å²) in [7, 11) is -4.18. The van der Waals surface area contributed by atoms with Gasteiger partial charge in [0.25, 0.3) is 15.9 Å². The summed E-state index contributed by atoms with van der Waals surface area (Å²) in [5, 5.41) is 2.67. The van der Waals surface area contributed by atoms with Gasteiger partial charge in [-0.3, -0.25) is 13.9 Å². The molecule has 3 aromatic rings. The molecule has 0 radical (unpaired) electrons. The van der Waals surface area contributed by atoms with Crippen LogP contribution in [-0.4, -0.2) is 44.8 Å². The van der Waals surface area contributed by atoms with Crippen molar-refractivity contribution in [1.29, 1.82) is 0 Å². The van der Waals surface area contributed by atoms with Gasteiger partial charge in [0.05, 0.1) is 21.8 Å². The highest BCUT2D eigenvalue weighted by molar-refractivity contribution is 7.92. The average Bonchev–Trinajstić information content (AvgIpc) is 2.84. The molecular weight excluding hydrogens is 457 g/mol. The van der Waals surface area contributed by atoms with Crippen molar-refractivity contribution in [2.24, 2.45) is 0 Å². The van der Waals surface area contributed by atoms with Crippen LogP contribution in [0.15, 0.2) is 83.8 Å². The van der Waals surface area contributed by atoms with Crippen LogP contribution in [0.2, 0.25) is 0 Å². The fraction of sp³-hybridized carbons (Fsp3) is 0.200. The molecule has 178 valence electrons. The second-order valence-electron chi connectivity index (χ2n) is 7.37. The van der Waals surface area contributed by atoms with Gasteiger partial charge in [0, 0.05) is 13.1 Å². The lowest BCUT2D eigenvalue weighted by atomic mass is 10.1. The van der Waals surface area contributed by atoms with Crippen LogP contribution in [0.3, 0.4) is 0 Å². The van der Waals surface area contributed by atoms with Crippen LogP contribution in [0.1, 0.15) is 24.2 Å². The monoisotopic (exact) mass is 483 g/mol. The molecule has 34 heavy (non-hydrogen) atoms. The van der Waals surface area contributed by atoms with E-state index in [0.29, 0.717) is 18.7 Å². The molecule has 0 atom stereocenters. The number of anilines is 2. The first kappa shape index (κ1) is 24.9. The zero-order valence-corrected chi connectivity index (χ0v) is 19.8. The van der Waals surface area contributed by atoms with Crippen molar-refractivity contribution in [2.45, 2.75) is 18.7 Å². The Balaban J connectivity index is 1.91. The second kappa shape index (κ2) is 10.9. The molecule has 1 N–H and O–H groups in total. The van der Waals surface area contributed by atoms with E-state index in [0.717, 1.165) is 28.6 Å². The number of rotatable bonds is 9. The van der Waals surface area contributed by atoms with Gasteiger partial charge >= 0.3 is 0 Å². The molecule has 7 nitrogen and oxygen atoms in total. The van der Waals surface area contributed by atoms with Crippen LogP contribution in [0, 0.1) is 5.82 Å². The molecule has 0 saturated heterocycles. The molecule has 9 heteroatoms. The summed E-state index contributed by atoms with van der Waals surface area (Å²) in [6.45, 7) is 4.20. The number of hydrogen-bond acceptors (Lipinski definition) is 4. The maximum atomic E-state index is 13.4. The normalized spacial score (nSPS) is 11.0. The van der Waals surface area contributed by atoms with Gasteiger partial charge in [-0.15, -0.1) is 0 Å². The largest absolute Gasteiger partial charge is 0.339 e. The van der Waals surface area contributed by atoms with E-state index in [9.17, 15) is 22.4 Å². The van der Waals surface area contributed by atoms with Crippen LogP contribution in [0.5, 0.6) is 0 Å². The minimum atomic E-state index is -4.18. The van der Waals surface area contributed by atoms with Crippen molar-refractivity contribution < 1.29 is 22.4 Å². The molecule has 0 aromatic heterocycles. The number of halogens is 1. The van der Waals surface area contributed by atoms with Crippen molar-refractivity contribution >= 4 is 33.2 Å². The van der Waals surface area contributed by atoms with Crippen LogP contribution in [0.25, 0.3) is 0 Å². The number of carbonyl (C=O) groups excluding carboxylic acids is 2. The molecule has 0 fully saturated rings.